The number of fused-ring (bicyclic) bond motifs is 1. The van der Waals surface area contributed by atoms with E-state index in [9.17, 15) is 4.79 Å². The molecule has 4 rings (SSSR count). The normalized spacial score (nSPS) is 18.2. The van der Waals surface area contributed by atoms with E-state index < -0.39 is 0 Å². The van der Waals surface area contributed by atoms with Crippen molar-refractivity contribution in [3.05, 3.63) is 52.5 Å². The maximum Gasteiger partial charge on any atom is 0.252 e. The first-order valence-corrected chi connectivity index (χ1v) is 11.6. The molecule has 168 valence electrons. The lowest BCUT2D eigenvalue weighted by atomic mass is 9.91. The Morgan fingerprint density at radius 1 is 1.06 bits per heavy atom. The number of carbonyl (C=O) groups is 1. The molecule has 2 aromatic carbocycles. The number of aromatic nitrogens is 2. The van der Waals surface area contributed by atoms with Crippen LogP contribution in [0.5, 0.6) is 5.75 Å². The fourth-order valence-electron chi connectivity index (χ4n) is 4.10. The Morgan fingerprint density at radius 2 is 1.78 bits per heavy atom. The molecule has 1 aliphatic carbocycles. The maximum absolute atomic E-state index is 12.8. The van der Waals surface area contributed by atoms with Crippen molar-refractivity contribution in [1.29, 1.82) is 0 Å². The van der Waals surface area contributed by atoms with E-state index >= 15 is 0 Å². The first kappa shape index (κ1) is 22.3. The Bertz CT molecular complexity index is 1110. The topological polar surface area (TPSA) is 79.4 Å². The third-order valence-electron chi connectivity index (χ3n) is 5.82. The van der Waals surface area contributed by atoms with E-state index in [-0.39, 0.29) is 18.0 Å². The standard InChI is InChI=1S/C24H28BrN5O2/c1-30(2)22-18-6-4-5-7-21(18)28-24(29-22)27-16-10-8-15(9-11-16)26-23(31)19-14-17(32-3)12-13-20(19)25/h4-7,12-16H,8-11H2,1-3H3,(H,26,31)(H,27,28,29)/t15-,16+. The summed E-state index contributed by atoms with van der Waals surface area (Å²) in [6, 6.07) is 13.9. The average Bonchev–Trinajstić information content (AvgIpc) is 2.80. The highest BCUT2D eigenvalue weighted by Gasteiger charge is 2.24. The van der Waals surface area contributed by atoms with Gasteiger partial charge in [-0.3, -0.25) is 4.79 Å². The van der Waals surface area contributed by atoms with E-state index in [4.69, 9.17) is 14.7 Å². The van der Waals surface area contributed by atoms with Gasteiger partial charge >= 0.3 is 0 Å². The maximum atomic E-state index is 12.8. The van der Waals surface area contributed by atoms with Gasteiger partial charge in [0.25, 0.3) is 5.91 Å². The predicted molar refractivity (Wildman–Crippen MR) is 132 cm³/mol. The molecule has 0 saturated heterocycles. The Kier molecular flexibility index (Phi) is 6.79. The molecule has 0 spiro atoms. The number of hydrogen-bond donors (Lipinski definition) is 2. The van der Waals surface area contributed by atoms with E-state index in [1.54, 1.807) is 13.2 Å². The predicted octanol–water partition coefficient (Wildman–Crippen LogP) is 4.62. The van der Waals surface area contributed by atoms with Gasteiger partial charge in [0.15, 0.2) is 0 Å². The van der Waals surface area contributed by atoms with Crippen LogP contribution in [0.15, 0.2) is 46.9 Å². The lowest BCUT2D eigenvalue weighted by Gasteiger charge is -2.30. The van der Waals surface area contributed by atoms with Gasteiger partial charge in [0.05, 0.1) is 18.2 Å². The molecule has 32 heavy (non-hydrogen) atoms. The minimum absolute atomic E-state index is 0.0827. The summed E-state index contributed by atoms with van der Waals surface area (Å²) in [6.07, 6.45) is 3.69. The molecule has 0 radical (unpaired) electrons. The van der Waals surface area contributed by atoms with E-state index in [1.165, 1.54) is 0 Å². The minimum Gasteiger partial charge on any atom is -0.497 e. The highest BCUT2D eigenvalue weighted by atomic mass is 79.9. The van der Waals surface area contributed by atoms with Crippen molar-refractivity contribution in [2.24, 2.45) is 0 Å². The Hall–Kier alpha value is -2.87. The zero-order chi connectivity index (χ0) is 22.7. The Balaban J connectivity index is 1.38. The number of halogens is 1. The molecule has 1 aromatic heterocycles. The molecular formula is C24H28BrN5O2. The van der Waals surface area contributed by atoms with Crippen LogP contribution in [0.1, 0.15) is 36.0 Å². The van der Waals surface area contributed by atoms with Crippen molar-refractivity contribution in [3.63, 3.8) is 0 Å². The summed E-state index contributed by atoms with van der Waals surface area (Å²) in [5.74, 6) is 2.14. The zero-order valence-corrected chi connectivity index (χ0v) is 20.1. The summed E-state index contributed by atoms with van der Waals surface area (Å²) >= 11 is 3.46. The monoisotopic (exact) mass is 497 g/mol. The van der Waals surface area contributed by atoms with Crippen LogP contribution in [0.25, 0.3) is 10.9 Å². The number of nitrogens with one attached hydrogen (secondary N) is 2. The van der Waals surface area contributed by atoms with E-state index in [1.807, 2.05) is 55.4 Å². The van der Waals surface area contributed by atoms with Gasteiger partial charge < -0.3 is 20.3 Å². The largest absolute Gasteiger partial charge is 0.497 e. The third-order valence-corrected chi connectivity index (χ3v) is 6.51. The number of hydrogen-bond acceptors (Lipinski definition) is 6. The number of amides is 1. The third kappa shape index (κ3) is 4.96. The van der Waals surface area contributed by atoms with Gasteiger partial charge in [0.1, 0.15) is 11.6 Å². The number of para-hydroxylation sites is 1. The second kappa shape index (κ2) is 9.73. The van der Waals surface area contributed by atoms with Gasteiger partial charge in [-0.1, -0.05) is 12.1 Å². The molecule has 1 saturated carbocycles. The molecule has 0 aliphatic heterocycles. The molecule has 0 bridgehead atoms. The highest BCUT2D eigenvalue weighted by molar-refractivity contribution is 9.10. The van der Waals surface area contributed by atoms with Gasteiger partial charge in [0.2, 0.25) is 5.95 Å². The van der Waals surface area contributed by atoms with E-state index in [0.29, 0.717) is 17.3 Å². The van der Waals surface area contributed by atoms with Crippen LogP contribution in [0.2, 0.25) is 0 Å². The van der Waals surface area contributed by atoms with Crippen molar-refractivity contribution in [1.82, 2.24) is 15.3 Å². The fourth-order valence-corrected chi connectivity index (χ4v) is 4.53. The summed E-state index contributed by atoms with van der Waals surface area (Å²) in [5, 5.41) is 7.72. The van der Waals surface area contributed by atoms with Crippen LogP contribution in [0.3, 0.4) is 0 Å². The number of ether oxygens (including phenoxy) is 1. The second-order valence-corrected chi connectivity index (χ2v) is 9.15. The number of rotatable bonds is 6. The molecule has 2 N–H and O–H groups in total. The smallest absolute Gasteiger partial charge is 0.252 e. The van der Waals surface area contributed by atoms with E-state index in [0.717, 1.165) is 46.9 Å². The van der Waals surface area contributed by atoms with Crippen molar-refractivity contribution >= 4 is 44.5 Å². The second-order valence-electron chi connectivity index (χ2n) is 8.29. The van der Waals surface area contributed by atoms with Crippen molar-refractivity contribution in [3.8, 4) is 5.75 Å². The van der Waals surface area contributed by atoms with Crippen molar-refractivity contribution in [2.45, 2.75) is 37.8 Å². The quantitative estimate of drug-likeness (QED) is 0.517. The SMILES string of the molecule is COc1ccc(Br)c(C(=O)N[C@H]2CC[C@@H](Nc3nc(N(C)C)c4ccccc4n3)CC2)c1. The summed E-state index contributed by atoms with van der Waals surface area (Å²) in [5.41, 5.74) is 1.52. The summed E-state index contributed by atoms with van der Waals surface area (Å²) in [7, 11) is 5.58. The number of methoxy groups -OCH3 is 1. The average molecular weight is 498 g/mol. The van der Waals surface area contributed by atoms with Gasteiger partial charge in [-0.05, 0) is 71.9 Å². The minimum atomic E-state index is -0.0827. The van der Waals surface area contributed by atoms with Crippen LogP contribution in [-0.4, -0.2) is 49.2 Å². The molecule has 0 unspecified atom stereocenters. The van der Waals surface area contributed by atoms with Crippen LogP contribution >= 0.6 is 15.9 Å². The van der Waals surface area contributed by atoms with Gasteiger partial charge in [-0.25, -0.2) is 4.98 Å². The highest BCUT2D eigenvalue weighted by Crippen LogP contribution is 2.27. The van der Waals surface area contributed by atoms with Crippen LogP contribution in [0, 0.1) is 0 Å². The van der Waals surface area contributed by atoms with Crippen LogP contribution in [-0.2, 0) is 0 Å². The summed E-state index contributed by atoms with van der Waals surface area (Å²) in [4.78, 5) is 24.2. The zero-order valence-electron chi connectivity index (χ0n) is 18.6. The molecule has 7 nitrogen and oxygen atoms in total. The number of anilines is 2. The van der Waals surface area contributed by atoms with Crippen LogP contribution < -0.4 is 20.3 Å². The lowest BCUT2D eigenvalue weighted by molar-refractivity contribution is 0.0925. The molecular weight excluding hydrogens is 470 g/mol. The summed E-state index contributed by atoms with van der Waals surface area (Å²) < 4.78 is 6.01. The fraction of sp³-hybridized carbons (Fsp3) is 0.375. The molecule has 0 atom stereocenters. The summed E-state index contributed by atoms with van der Waals surface area (Å²) in [6.45, 7) is 0. The number of benzene rings is 2. The first-order chi connectivity index (χ1) is 15.4. The van der Waals surface area contributed by atoms with Gasteiger partial charge in [-0.2, -0.15) is 4.98 Å². The molecule has 1 amide bonds. The molecule has 1 heterocycles. The molecule has 8 heteroatoms. The number of carbonyl (C=O) groups excluding carboxylic acids is 1. The van der Waals surface area contributed by atoms with Gasteiger partial charge in [0, 0.05) is 36.0 Å². The molecule has 3 aromatic rings. The van der Waals surface area contributed by atoms with Gasteiger partial charge in [-0.15, -0.1) is 0 Å². The first-order valence-electron chi connectivity index (χ1n) is 10.8. The Labute approximate surface area is 196 Å². The molecule has 1 aliphatic rings. The van der Waals surface area contributed by atoms with Crippen molar-refractivity contribution in [2.75, 3.05) is 31.4 Å². The van der Waals surface area contributed by atoms with E-state index in [2.05, 4.69) is 26.6 Å². The lowest BCUT2D eigenvalue weighted by Crippen LogP contribution is -2.40. The number of nitrogens with zero attached hydrogens (tertiary/aromatic N) is 3. The molecule has 1 fully saturated rings. The van der Waals surface area contributed by atoms with Crippen LogP contribution in [0.4, 0.5) is 11.8 Å². The Morgan fingerprint density at radius 3 is 2.50 bits per heavy atom. The van der Waals surface area contributed by atoms with Crippen molar-refractivity contribution < 1.29 is 9.53 Å².